The third-order valence-electron chi connectivity index (χ3n) is 5.77. The van der Waals surface area contributed by atoms with E-state index in [0.29, 0.717) is 33.9 Å². The highest BCUT2D eigenvalue weighted by atomic mass is 32.1. The molecule has 5 aromatic rings. The number of pyridine rings is 1. The SMILES string of the molecule is CCOc1ccc(OCc2ccc(C(=O)Nc3c(C(N)=O)sc4nc(C(F)F)cc(-c5ccc(C)s5)c34)o2)cc1. The summed E-state index contributed by atoms with van der Waals surface area (Å²) in [5.74, 6) is 0.192. The number of benzene rings is 1. The second-order valence-electron chi connectivity index (χ2n) is 8.57. The van der Waals surface area contributed by atoms with Gasteiger partial charge in [0.2, 0.25) is 0 Å². The van der Waals surface area contributed by atoms with Gasteiger partial charge >= 0.3 is 0 Å². The molecule has 4 heterocycles. The number of fused-ring (bicyclic) bond motifs is 1. The molecule has 2 amide bonds. The van der Waals surface area contributed by atoms with Gasteiger partial charge in [-0.05, 0) is 68.4 Å². The topological polar surface area (TPSA) is 117 Å². The van der Waals surface area contributed by atoms with Gasteiger partial charge < -0.3 is 24.9 Å². The van der Waals surface area contributed by atoms with Crippen LogP contribution in [-0.2, 0) is 6.61 Å². The molecule has 1 aromatic carbocycles. The first-order valence-corrected chi connectivity index (χ1v) is 13.7. The van der Waals surface area contributed by atoms with Gasteiger partial charge in [-0.25, -0.2) is 13.8 Å². The molecule has 0 saturated heterocycles. The molecule has 4 aromatic heterocycles. The molecule has 0 fully saturated rings. The lowest BCUT2D eigenvalue weighted by Crippen LogP contribution is -2.16. The number of thiophene rings is 2. The maximum Gasteiger partial charge on any atom is 0.291 e. The maximum atomic E-state index is 13.7. The molecular weight excluding hydrogens is 560 g/mol. The highest BCUT2D eigenvalue weighted by Gasteiger charge is 2.26. The molecule has 8 nitrogen and oxygen atoms in total. The van der Waals surface area contributed by atoms with Crippen molar-refractivity contribution in [3.05, 3.63) is 81.6 Å². The predicted molar refractivity (Wildman–Crippen MR) is 150 cm³/mol. The highest BCUT2D eigenvalue weighted by molar-refractivity contribution is 7.21. The number of amides is 2. The predicted octanol–water partition coefficient (Wildman–Crippen LogP) is 7.19. The maximum absolute atomic E-state index is 13.7. The lowest BCUT2D eigenvalue weighted by atomic mass is 10.1. The molecule has 12 heteroatoms. The summed E-state index contributed by atoms with van der Waals surface area (Å²) in [5.41, 5.74) is 5.68. The van der Waals surface area contributed by atoms with Gasteiger partial charge in [0, 0.05) is 20.7 Å². The zero-order valence-electron chi connectivity index (χ0n) is 21.3. The van der Waals surface area contributed by atoms with Crippen LogP contribution in [-0.4, -0.2) is 23.4 Å². The lowest BCUT2D eigenvalue weighted by Gasteiger charge is -2.09. The second-order valence-corrected chi connectivity index (χ2v) is 10.9. The third kappa shape index (κ3) is 5.68. The molecule has 0 aliphatic carbocycles. The van der Waals surface area contributed by atoms with Gasteiger partial charge in [0.1, 0.15) is 39.3 Å². The van der Waals surface area contributed by atoms with Crippen LogP contribution in [0.25, 0.3) is 20.7 Å². The Morgan fingerprint density at radius 2 is 1.77 bits per heavy atom. The van der Waals surface area contributed by atoms with Crippen molar-refractivity contribution in [2.24, 2.45) is 5.73 Å². The van der Waals surface area contributed by atoms with Crippen molar-refractivity contribution in [1.82, 2.24) is 4.98 Å². The van der Waals surface area contributed by atoms with Gasteiger partial charge in [-0.1, -0.05) is 0 Å². The number of primary amides is 1. The van der Waals surface area contributed by atoms with Crippen LogP contribution in [0.2, 0.25) is 0 Å². The van der Waals surface area contributed by atoms with E-state index in [0.717, 1.165) is 22.0 Å². The average Bonchev–Trinajstić information content (AvgIpc) is 3.67. The minimum Gasteiger partial charge on any atom is -0.494 e. The number of hydrogen-bond donors (Lipinski definition) is 2. The van der Waals surface area contributed by atoms with Gasteiger partial charge in [0.25, 0.3) is 18.2 Å². The Labute approximate surface area is 235 Å². The van der Waals surface area contributed by atoms with Gasteiger partial charge in [-0.3, -0.25) is 9.59 Å². The summed E-state index contributed by atoms with van der Waals surface area (Å²) in [6.45, 7) is 4.41. The van der Waals surface area contributed by atoms with E-state index in [1.807, 2.05) is 19.9 Å². The number of nitrogens with zero attached hydrogens (tertiary/aromatic N) is 1. The van der Waals surface area contributed by atoms with Crippen molar-refractivity contribution in [1.29, 1.82) is 0 Å². The third-order valence-corrected chi connectivity index (χ3v) is 7.91. The summed E-state index contributed by atoms with van der Waals surface area (Å²) in [6.07, 6.45) is -2.83. The van der Waals surface area contributed by atoms with Crippen molar-refractivity contribution < 1.29 is 32.3 Å². The lowest BCUT2D eigenvalue weighted by molar-refractivity contribution is 0.0992. The summed E-state index contributed by atoms with van der Waals surface area (Å²) in [5, 5.41) is 3.05. The van der Waals surface area contributed by atoms with Gasteiger partial charge in [-0.15, -0.1) is 22.7 Å². The number of furan rings is 1. The average molecular weight is 584 g/mol. The summed E-state index contributed by atoms with van der Waals surface area (Å²) < 4.78 is 44.1. The van der Waals surface area contributed by atoms with E-state index in [1.165, 1.54) is 23.5 Å². The smallest absolute Gasteiger partial charge is 0.291 e. The Balaban J connectivity index is 1.43. The fourth-order valence-electron chi connectivity index (χ4n) is 4.00. The molecular formula is C28H23F2N3O5S2. The van der Waals surface area contributed by atoms with Crippen molar-refractivity contribution in [2.45, 2.75) is 26.9 Å². The van der Waals surface area contributed by atoms with Crippen molar-refractivity contribution in [3.63, 3.8) is 0 Å². The van der Waals surface area contributed by atoms with Crippen LogP contribution in [0.4, 0.5) is 14.5 Å². The molecule has 3 N–H and O–H groups in total. The first-order chi connectivity index (χ1) is 19.2. The number of hydrogen-bond acceptors (Lipinski definition) is 8. The number of halogens is 2. The van der Waals surface area contributed by atoms with Crippen LogP contribution in [0.15, 0.2) is 59.0 Å². The minimum atomic E-state index is -2.83. The molecule has 0 aliphatic rings. The van der Waals surface area contributed by atoms with Crippen molar-refractivity contribution >= 4 is 50.4 Å². The number of anilines is 1. The number of aryl methyl sites for hydroxylation is 1. The molecule has 5 rings (SSSR count). The number of alkyl halides is 2. The Bertz CT molecular complexity index is 1690. The summed E-state index contributed by atoms with van der Waals surface area (Å²) >= 11 is 2.23. The van der Waals surface area contributed by atoms with Crippen LogP contribution >= 0.6 is 22.7 Å². The number of aromatic nitrogens is 1. The van der Waals surface area contributed by atoms with Crippen LogP contribution in [0, 0.1) is 6.92 Å². The number of ether oxygens (including phenoxy) is 2. The second kappa shape index (κ2) is 11.4. The molecule has 0 saturated carbocycles. The van der Waals surface area contributed by atoms with Gasteiger partial charge in [0.05, 0.1) is 12.3 Å². The van der Waals surface area contributed by atoms with Crippen LogP contribution in [0.1, 0.15) is 49.9 Å². The summed E-state index contributed by atoms with van der Waals surface area (Å²) in [4.78, 5) is 31.4. The molecule has 0 atom stereocenters. The van der Waals surface area contributed by atoms with Crippen LogP contribution < -0.4 is 20.5 Å². The van der Waals surface area contributed by atoms with Gasteiger partial charge in [0.15, 0.2) is 5.76 Å². The molecule has 0 radical (unpaired) electrons. The zero-order chi connectivity index (χ0) is 28.4. The van der Waals surface area contributed by atoms with E-state index in [1.54, 1.807) is 36.4 Å². The van der Waals surface area contributed by atoms with E-state index in [-0.39, 0.29) is 27.8 Å². The number of carbonyl (C=O) groups is 2. The van der Waals surface area contributed by atoms with E-state index in [9.17, 15) is 18.4 Å². The summed E-state index contributed by atoms with van der Waals surface area (Å²) in [6, 6.07) is 15.1. The molecule has 0 spiro atoms. The van der Waals surface area contributed by atoms with Crippen LogP contribution in [0.3, 0.4) is 0 Å². The van der Waals surface area contributed by atoms with E-state index in [2.05, 4.69) is 10.3 Å². The highest BCUT2D eigenvalue weighted by Crippen LogP contribution is 2.44. The minimum absolute atomic E-state index is 0.0117. The van der Waals surface area contributed by atoms with E-state index >= 15 is 0 Å². The number of rotatable bonds is 10. The zero-order valence-corrected chi connectivity index (χ0v) is 23.0. The van der Waals surface area contributed by atoms with Crippen molar-refractivity contribution in [3.8, 4) is 21.9 Å². The quantitative estimate of drug-likeness (QED) is 0.180. The monoisotopic (exact) mass is 583 g/mol. The van der Waals surface area contributed by atoms with E-state index < -0.39 is 23.9 Å². The largest absolute Gasteiger partial charge is 0.494 e. The first kappa shape index (κ1) is 27.3. The van der Waals surface area contributed by atoms with Crippen molar-refractivity contribution in [2.75, 3.05) is 11.9 Å². The molecule has 0 aliphatic heterocycles. The Kier molecular flexibility index (Phi) is 7.81. The molecule has 206 valence electrons. The normalized spacial score (nSPS) is 11.2. The van der Waals surface area contributed by atoms with E-state index in [4.69, 9.17) is 19.6 Å². The number of nitrogens with two attached hydrogens (primary N) is 1. The number of nitrogens with one attached hydrogen (secondary N) is 1. The number of carbonyl (C=O) groups excluding carboxylic acids is 2. The fourth-order valence-corrected chi connectivity index (χ4v) is 5.91. The van der Waals surface area contributed by atoms with Gasteiger partial charge in [-0.2, -0.15) is 0 Å². The standard InChI is InChI=1S/C28H23F2N3O5S2/c1-3-36-15-5-7-16(8-6-15)37-13-17-9-10-20(38-17)27(35)33-23-22-18(21-11-4-14(2)39-21)12-19(25(29)30)32-28(22)40-24(23)26(31)34/h4-12,25H,3,13H2,1-2H3,(H2,31,34)(H,33,35). The Morgan fingerprint density at radius 3 is 2.40 bits per heavy atom. The summed E-state index contributed by atoms with van der Waals surface area (Å²) in [7, 11) is 0. The fraction of sp³-hybridized carbons (Fsp3) is 0.179. The molecule has 0 bridgehead atoms. The first-order valence-electron chi connectivity index (χ1n) is 12.1. The van der Waals surface area contributed by atoms with Crippen LogP contribution in [0.5, 0.6) is 11.5 Å². The molecule has 0 unspecified atom stereocenters. The molecule has 40 heavy (non-hydrogen) atoms. The Morgan fingerprint density at radius 1 is 1.05 bits per heavy atom. The Hall–Kier alpha value is -4.29.